The molecule has 110 valence electrons. The monoisotopic (exact) mass is 329 g/mol. The van der Waals surface area contributed by atoms with Crippen LogP contribution in [0.5, 0.6) is 0 Å². The fourth-order valence-electron chi connectivity index (χ4n) is 1.60. The first-order valence-corrected chi connectivity index (χ1v) is 7.47. The summed E-state index contributed by atoms with van der Waals surface area (Å²) in [5.41, 5.74) is -0.702. The molecule has 0 fully saturated rings. The second-order valence-electron chi connectivity index (χ2n) is 4.05. The van der Waals surface area contributed by atoms with Crippen molar-refractivity contribution in [3.05, 3.63) is 58.9 Å². The largest absolute Gasteiger partial charge is 0.478 e. The van der Waals surface area contributed by atoms with Crippen LogP contribution in [0.2, 0.25) is 5.02 Å². The number of aromatic carboxylic acids is 1. The van der Waals surface area contributed by atoms with Gasteiger partial charge in [0.05, 0.1) is 16.1 Å². The maximum absolute atomic E-state index is 13.2. The Balaban J connectivity index is 2.43. The van der Waals surface area contributed by atoms with Gasteiger partial charge in [0, 0.05) is 5.02 Å². The van der Waals surface area contributed by atoms with Gasteiger partial charge in [-0.1, -0.05) is 11.6 Å². The van der Waals surface area contributed by atoms with Gasteiger partial charge >= 0.3 is 5.97 Å². The second-order valence-corrected chi connectivity index (χ2v) is 6.17. The predicted octanol–water partition coefficient (Wildman–Crippen LogP) is 2.98. The molecule has 0 unspecified atom stereocenters. The van der Waals surface area contributed by atoms with Crippen molar-refractivity contribution in [2.45, 2.75) is 4.90 Å². The maximum atomic E-state index is 13.2. The highest BCUT2D eigenvalue weighted by atomic mass is 35.5. The van der Waals surface area contributed by atoms with E-state index >= 15 is 0 Å². The van der Waals surface area contributed by atoms with E-state index in [2.05, 4.69) is 4.72 Å². The topological polar surface area (TPSA) is 83.5 Å². The molecule has 0 saturated carbocycles. The summed E-state index contributed by atoms with van der Waals surface area (Å²) >= 11 is 5.67. The second kappa shape index (κ2) is 5.71. The number of benzene rings is 2. The molecule has 0 bridgehead atoms. The molecule has 0 atom stereocenters. The van der Waals surface area contributed by atoms with Crippen molar-refractivity contribution in [1.29, 1.82) is 0 Å². The van der Waals surface area contributed by atoms with Crippen LogP contribution in [0, 0.1) is 5.82 Å². The van der Waals surface area contributed by atoms with Gasteiger partial charge < -0.3 is 5.11 Å². The Morgan fingerprint density at radius 1 is 1.14 bits per heavy atom. The third kappa shape index (κ3) is 3.50. The number of sulfonamides is 1. The van der Waals surface area contributed by atoms with E-state index in [-0.39, 0.29) is 16.1 Å². The average molecular weight is 330 g/mol. The molecule has 0 aliphatic rings. The predicted molar refractivity (Wildman–Crippen MR) is 75.6 cm³/mol. The standard InChI is InChI=1S/C13H9ClFNO4S/c14-8-1-4-10(5-2-8)21(19,20)16-12-7-9(15)3-6-11(12)13(17)18/h1-7,16H,(H,17,18). The molecule has 0 saturated heterocycles. The van der Waals surface area contributed by atoms with Crippen LogP contribution in [0.4, 0.5) is 10.1 Å². The van der Waals surface area contributed by atoms with Gasteiger partial charge in [0.2, 0.25) is 0 Å². The quantitative estimate of drug-likeness (QED) is 0.903. The molecule has 2 aromatic carbocycles. The van der Waals surface area contributed by atoms with Gasteiger partial charge in [-0.25, -0.2) is 17.6 Å². The zero-order valence-corrected chi connectivity index (χ0v) is 12.0. The van der Waals surface area contributed by atoms with Crippen LogP contribution in [0.25, 0.3) is 0 Å². The Morgan fingerprint density at radius 3 is 2.33 bits per heavy atom. The first-order chi connectivity index (χ1) is 9.79. The van der Waals surface area contributed by atoms with E-state index in [0.29, 0.717) is 5.02 Å². The number of halogens is 2. The van der Waals surface area contributed by atoms with Crippen molar-refractivity contribution in [3.8, 4) is 0 Å². The fourth-order valence-corrected chi connectivity index (χ4v) is 2.80. The number of carboxylic acids is 1. The van der Waals surface area contributed by atoms with Crippen LogP contribution in [0.3, 0.4) is 0 Å². The summed E-state index contributed by atoms with van der Waals surface area (Å²) in [5, 5.41) is 9.34. The number of rotatable bonds is 4. The molecule has 0 radical (unpaired) electrons. The highest BCUT2D eigenvalue weighted by Crippen LogP contribution is 2.22. The van der Waals surface area contributed by atoms with Gasteiger partial charge in [0.15, 0.2) is 0 Å². The van der Waals surface area contributed by atoms with Crippen LogP contribution < -0.4 is 4.72 Å². The molecule has 0 aliphatic carbocycles. The van der Waals surface area contributed by atoms with Crippen molar-refractivity contribution >= 4 is 33.3 Å². The lowest BCUT2D eigenvalue weighted by Crippen LogP contribution is -2.15. The molecule has 2 aromatic rings. The lowest BCUT2D eigenvalue weighted by atomic mass is 10.2. The van der Waals surface area contributed by atoms with Gasteiger partial charge in [0.1, 0.15) is 5.82 Å². The molecular weight excluding hydrogens is 321 g/mol. The minimum absolute atomic E-state index is 0.118. The molecule has 2 rings (SSSR count). The van der Waals surface area contributed by atoms with E-state index in [1.54, 1.807) is 0 Å². The number of carboxylic acid groups (broad SMARTS) is 1. The minimum Gasteiger partial charge on any atom is -0.478 e. The average Bonchev–Trinajstić information content (AvgIpc) is 2.38. The summed E-state index contributed by atoms with van der Waals surface area (Å²) in [5.74, 6) is -2.13. The Bertz CT molecular complexity index is 790. The molecule has 0 aliphatic heterocycles. The Kier molecular flexibility index (Phi) is 4.15. The van der Waals surface area contributed by atoms with E-state index < -0.39 is 21.8 Å². The SMILES string of the molecule is O=C(O)c1ccc(F)cc1NS(=O)(=O)c1ccc(Cl)cc1. The summed E-state index contributed by atoms with van der Waals surface area (Å²) in [6, 6.07) is 7.98. The van der Waals surface area contributed by atoms with Gasteiger partial charge in [-0.15, -0.1) is 0 Å². The molecular formula is C13H9ClFNO4S. The number of anilines is 1. The minimum atomic E-state index is -4.04. The van der Waals surface area contributed by atoms with Crippen molar-refractivity contribution < 1.29 is 22.7 Å². The van der Waals surface area contributed by atoms with Crippen LogP contribution in [0.1, 0.15) is 10.4 Å². The van der Waals surface area contributed by atoms with Gasteiger partial charge in [0.25, 0.3) is 10.0 Å². The first-order valence-electron chi connectivity index (χ1n) is 5.61. The number of hydrogen-bond acceptors (Lipinski definition) is 3. The third-order valence-electron chi connectivity index (χ3n) is 2.58. The molecule has 5 nitrogen and oxygen atoms in total. The zero-order chi connectivity index (χ0) is 15.6. The van der Waals surface area contributed by atoms with Gasteiger partial charge in [-0.3, -0.25) is 4.72 Å². The van der Waals surface area contributed by atoms with E-state index in [1.807, 2.05) is 0 Å². The molecule has 0 aromatic heterocycles. The lowest BCUT2D eigenvalue weighted by molar-refractivity contribution is 0.0698. The molecule has 8 heteroatoms. The fraction of sp³-hybridized carbons (Fsp3) is 0. The van der Waals surface area contributed by atoms with E-state index in [4.69, 9.17) is 16.7 Å². The number of hydrogen-bond donors (Lipinski definition) is 2. The highest BCUT2D eigenvalue weighted by Gasteiger charge is 2.19. The molecule has 0 amide bonds. The molecule has 21 heavy (non-hydrogen) atoms. The molecule has 0 spiro atoms. The van der Waals surface area contributed by atoms with Crippen LogP contribution in [-0.2, 0) is 10.0 Å². The maximum Gasteiger partial charge on any atom is 0.337 e. The van der Waals surface area contributed by atoms with Crippen molar-refractivity contribution in [1.82, 2.24) is 0 Å². The summed E-state index contributed by atoms with van der Waals surface area (Å²) < 4.78 is 39.5. The summed E-state index contributed by atoms with van der Waals surface area (Å²) in [4.78, 5) is 10.9. The summed E-state index contributed by atoms with van der Waals surface area (Å²) in [7, 11) is -4.04. The molecule has 0 heterocycles. The molecule has 2 N–H and O–H groups in total. The number of nitrogens with one attached hydrogen (secondary N) is 1. The smallest absolute Gasteiger partial charge is 0.337 e. The van der Waals surface area contributed by atoms with E-state index in [9.17, 15) is 17.6 Å². The van der Waals surface area contributed by atoms with Gasteiger partial charge in [-0.2, -0.15) is 0 Å². The van der Waals surface area contributed by atoms with Crippen LogP contribution in [-0.4, -0.2) is 19.5 Å². The van der Waals surface area contributed by atoms with E-state index in [0.717, 1.165) is 18.2 Å². The van der Waals surface area contributed by atoms with E-state index in [1.165, 1.54) is 24.3 Å². The van der Waals surface area contributed by atoms with Crippen LogP contribution >= 0.6 is 11.6 Å². The first kappa shape index (κ1) is 15.3. The van der Waals surface area contributed by atoms with Crippen molar-refractivity contribution in [2.75, 3.05) is 4.72 Å². The van der Waals surface area contributed by atoms with Crippen molar-refractivity contribution in [2.24, 2.45) is 0 Å². The van der Waals surface area contributed by atoms with Gasteiger partial charge in [-0.05, 0) is 42.5 Å². The van der Waals surface area contributed by atoms with Crippen LogP contribution in [0.15, 0.2) is 47.4 Å². The lowest BCUT2D eigenvalue weighted by Gasteiger charge is -2.10. The van der Waals surface area contributed by atoms with Crippen molar-refractivity contribution in [3.63, 3.8) is 0 Å². The highest BCUT2D eigenvalue weighted by molar-refractivity contribution is 7.92. The number of carbonyl (C=O) groups is 1. The Hall–Kier alpha value is -2.12. The summed E-state index contributed by atoms with van der Waals surface area (Å²) in [6.45, 7) is 0. The third-order valence-corrected chi connectivity index (χ3v) is 4.21. The Labute approximate surface area is 125 Å². The Morgan fingerprint density at radius 2 is 1.76 bits per heavy atom. The summed E-state index contributed by atoms with van der Waals surface area (Å²) in [6.07, 6.45) is 0. The normalized spacial score (nSPS) is 11.1. The zero-order valence-electron chi connectivity index (χ0n) is 10.4.